The van der Waals surface area contributed by atoms with Crippen molar-refractivity contribution in [2.45, 2.75) is 23.2 Å². The molecule has 0 spiro atoms. The van der Waals surface area contributed by atoms with Crippen LogP contribution in [0.2, 0.25) is 0 Å². The molecule has 0 saturated heterocycles. The average molecular weight is 252 g/mol. The molecular formula is C12H12O4S. The van der Waals surface area contributed by atoms with Crippen LogP contribution in [0.25, 0.3) is 0 Å². The summed E-state index contributed by atoms with van der Waals surface area (Å²) in [6, 6.07) is 3.67. The lowest BCUT2D eigenvalue weighted by Gasteiger charge is -2.15. The molecule has 17 heavy (non-hydrogen) atoms. The Morgan fingerprint density at radius 2 is 2.18 bits per heavy atom. The van der Waals surface area contributed by atoms with Crippen molar-refractivity contribution >= 4 is 17.7 Å². The van der Waals surface area contributed by atoms with E-state index in [4.69, 9.17) is 9.47 Å². The third-order valence-electron chi connectivity index (χ3n) is 3.37. The molecule has 1 aliphatic heterocycles. The van der Waals surface area contributed by atoms with Crippen molar-refractivity contribution < 1.29 is 19.4 Å². The van der Waals surface area contributed by atoms with Crippen LogP contribution in [0, 0.1) is 0 Å². The van der Waals surface area contributed by atoms with Crippen molar-refractivity contribution in [3.63, 3.8) is 0 Å². The molecule has 0 radical (unpaired) electrons. The minimum Gasteiger partial charge on any atom is -0.481 e. The number of thioether (sulfide) groups is 1. The highest BCUT2D eigenvalue weighted by Crippen LogP contribution is 2.55. The maximum absolute atomic E-state index is 11.4. The van der Waals surface area contributed by atoms with Crippen molar-refractivity contribution in [3.8, 4) is 11.5 Å². The van der Waals surface area contributed by atoms with Crippen LogP contribution >= 0.6 is 11.8 Å². The summed E-state index contributed by atoms with van der Waals surface area (Å²) in [6.45, 7) is 0.215. The lowest BCUT2D eigenvalue weighted by Crippen LogP contribution is -2.20. The first-order valence-electron chi connectivity index (χ1n) is 5.39. The Morgan fingerprint density at radius 3 is 2.76 bits per heavy atom. The summed E-state index contributed by atoms with van der Waals surface area (Å²) in [5.41, 5.74) is 0.168. The summed E-state index contributed by atoms with van der Waals surface area (Å²) in [5.74, 6) is 0.661. The molecule has 90 valence electrons. The second kappa shape index (κ2) is 3.57. The molecule has 0 atom stereocenters. The zero-order chi connectivity index (χ0) is 12.0. The van der Waals surface area contributed by atoms with E-state index in [0.717, 1.165) is 10.5 Å². The fourth-order valence-corrected chi connectivity index (χ4v) is 3.08. The first-order chi connectivity index (χ1) is 8.19. The second-order valence-corrected chi connectivity index (χ2v) is 5.08. The predicted octanol–water partition coefficient (Wildman–Crippen LogP) is 2.25. The van der Waals surface area contributed by atoms with Crippen molar-refractivity contribution in [1.29, 1.82) is 0 Å². The van der Waals surface area contributed by atoms with E-state index < -0.39 is 11.4 Å². The van der Waals surface area contributed by atoms with Gasteiger partial charge in [0.1, 0.15) is 0 Å². The zero-order valence-electron chi connectivity index (χ0n) is 9.36. The number of aliphatic carboxylic acids is 1. The Labute approximate surface area is 103 Å². The number of carboxylic acids is 1. The fraction of sp³-hybridized carbons (Fsp3) is 0.417. The number of hydrogen-bond acceptors (Lipinski definition) is 4. The van der Waals surface area contributed by atoms with Crippen LogP contribution in [-0.2, 0) is 10.2 Å². The van der Waals surface area contributed by atoms with E-state index in [0.29, 0.717) is 24.3 Å². The highest BCUT2D eigenvalue weighted by atomic mass is 32.2. The number of rotatable bonds is 3. The lowest BCUT2D eigenvalue weighted by atomic mass is 9.95. The van der Waals surface area contributed by atoms with Gasteiger partial charge in [0.2, 0.25) is 6.79 Å². The van der Waals surface area contributed by atoms with Gasteiger partial charge in [-0.3, -0.25) is 4.79 Å². The molecule has 0 aromatic heterocycles. The van der Waals surface area contributed by atoms with Crippen LogP contribution in [0.3, 0.4) is 0 Å². The van der Waals surface area contributed by atoms with E-state index >= 15 is 0 Å². The van der Waals surface area contributed by atoms with Crippen molar-refractivity contribution in [2.75, 3.05) is 13.0 Å². The van der Waals surface area contributed by atoms with Crippen LogP contribution in [0.4, 0.5) is 0 Å². The van der Waals surface area contributed by atoms with E-state index in [9.17, 15) is 9.90 Å². The van der Waals surface area contributed by atoms with Gasteiger partial charge in [-0.25, -0.2) is 0 Å². The predicted molar refractivity (Wildman–Crippen MR) is 62.9 cm³/mol. The highest BCUT2D eigenvalue weighted by molar-refractivity contribution is 7.98. The van der Waals surface area contributed by atoms with E-state index in [2.05, 4.69) is 0 Å². The van der Waals surface area contributed by atoms with Gasteiger partial charge >= 0.3 is 5.97 Å². The minimum atomic E-state index is -0.744. The molecule has 4 nitrogen and oxygen atoms in total. The number of fused-ring (bicyclic) bond motifs is 1. The van der Waals surface area contributed by atoms with Gasteiger partial charge in [0, 0.05) is 0 Å². The van der Waals surface area contributed by atoms with Gasteiger partial charge in [0.05, 0.1) is 10.3 Å². The number of ether oxygens (including phenoxy) is 2. The van der Waals surface area contributed by atoms with Crippen LogP contribution in [0.15, 0.2) is 17.0 Å². The molecule has 1 heterocycles. The molecular weight excluding hydrogens is 240 g/mol. The SMILES string of the molecule is CSc1c(C2(C(=O)O)CC2)ccc2c1OCO2. The maximum atomic E-state index is 11.4. The molecule has 0 unspecified atom stereocenters. The Kier molecular flexibility index (Phi) is 2.26. The second-order valence-electron chi connectivity index (χ2n) is 4.27. The van der Waals surface area contributed by atoms with Gasteiger partial charge in [-0.1, -0.05) is 6.07 Å². The zero-order valence-corrected chi connectivity index (χ0v) is 10.2. The van der Waals surface area contributed by atoms with E-state index in [1.54, 1.807) is 6.07 Å². The van der Waals surface area contributed by atoms with Crippen LogP contribution < -0.4 is 9.47 Å². The van der Waals surface area contributed by atoms with Crippen LogP contribution in [-0.4, -0.2) is 24.1 Å². The van der Waals surface area contributed by atoms with E-state index in [-0.39, 0.29) is 6.79 Å². The van der Waals surface area contributed by atoms with Gasteiger partial charge in [-0.2, -0.15) is 0 Å². The maximum Gasteiger partial charge on any atom is 0.314 e. The van der Waals surface area contributed by atoms with Gasteiger partial charge in [0.25, 0.3) is 0 Å². The van der Waals surface area contributed by atoms with Crippen molar-refractivity contribution in [3.05, 3.63) is 17.7 Å². The topological polar surface area (TPSA) is 55.8 Å². The molecule has 0 amide bonds. The van der Waals surface area contributed by atoms with Gasteiger partial charge in [-0.05, 0) is 30.7 Å². The van der Waals surface area contributed by atoms with Gasteiger partial charge < -0.3 is 14.6 Å². The fourth-order valence-electron chi connectivity index (χ4n) is 2.25. The average Bonchev–Trinajstić information content (AvgIpc) is 3.00. The molecule has 2 aliphatic rings. The van der Waals surface area contributed by atoms with E-state index in [1.165, 1.54) is 11.8 Å². The van der Waals surface area contributed by atoms with Crippen LogP contribution in [0.5, 0.6) is 11.5 Å². The molecule has 1 fully saturated rings. The standard InChI is InChI=1S/C12H12O4S/c1-17-10-7(12(4-5-12)11(13)14)2-3-8-9(10)16-6-15-8/h2-3H,4-6H2,1H3,(H,13,14). The normalized spacial score (nSPS) is 19.1. The smallest absolute Gasteiger partial charge is 0.314 e. The highest BCUT2D eigenvalue weighted by Gasteiger charge is 2.53. The molecule has 5 heteroatoms. The lowest BCUT2D eigenvalue weighted by molar-refractivity contribution is -0.140. The molecule has 0 bridgehead atoms. The summed E-state index contributed by atoms with van der Waals surface area (Å²) >= 11 is 1.52. The van der Waals surface area contributed by atoms with Crippen LogP contribution in [0.1, 0.15) is 18.4 Å². The first kappa shape index (κ1) is 10.8. The number of carbonyl (C=O) groups is 1. The van der Waals surface area contributed by atoms with Crippen molar-refractivity contribution in [1.82, 2.24) is 0 Å². The molecule has 3 rings (SSSR count). The Balaban J connectivity index is 2.15. The molecule has 1 aliphatic carbocycles. The third kappa shape index (κ3) is 1.42. The monoisotopic (exact) mass is 252 g/mol. The molecule has 1 aromatic carbocycles. The Morgan fingerprint density at radius 1 is 1.41 bits per heavy atom. The quantitative estimate of drug-likeness (QED) is 0.836. The number of benzene rings is 1. The van der Waals surface area contributed by atoms with Gasteiger partial charge in [-0.15, -0.1) is 11.8 Å². The van der Waals surface area contributed by atoms with E-state index in [1.807, 2.05) is 12.3 Å². The summed E-state index contributed by atoms with van der Waals surface area (Å²) < 4.78 is 10.7. The Bertz CT molecular complexity index is 494. The molecule has 1 N–H and O–H groups in total. The number of carboxylic acid groups (broad SMARTS) is 1. The summed E-state index contributed by atoms with van der Waals surface area (Å²) in [4.78, 5) is 12.3. The van der Waals surface area contributed by atoms with Gasteiger partial charge in [0.15, 0.2) is 11.5 Å². The third-order valence-corrected chi connectivity index (χ3v) is 4.19. The summed E-state index contributed by atoms with van der Waals surface area (Å²) in [6.07, 6.45) is 3.34. The summed E-state index contributed by atoms with van der Waals surface area (Å²) in [5, 5.41) is 9.34. The minimum absolute atomic E-state index is 0.215. The first-order valence-corrected chi connectivity index (χ1v) is 6.62. The summed E-state index contributed by atoms with van der Waals surface area (Å²) in [7, 11) is 0. The molecule has 1 saturated carbocycles. The Hall–Kier alpha value is -1.36. The van der Waals surface area contributed by atoms with Crippen molar-refractivity contribution in [2.24, 2.45) is 0 Å². The number of hydrogen-bond donors (Lipinski definition) is 1. The largest absolute Gasteiger partial charge is 0.481 e. The molecule has 1 aromatic rings.